The molecule has 1 unspecified atom stereocenters. The fourth-order valence-electron chi connectivity index (χ4n) is 3.93. The molecule has 1 aromatic carbocycles. The van der Waals surface area contributed by atoms with Crippen molar-refractivity contribution in [2.24, 2.45) is 5.92 Å². The van der Waals surface area contributed by atoms with E-state index in [-0.39, 0.29) is 11.9 Å². The van der Waals surface area contributed by atoms with E-state index in [1.807, 2.05) is 12.1 Å². The lowest BCUT2D eigenvalue weighted by Crippen LogP contribution is -2.40. The molecule has 1 amide bonds. The lowest BCUT2D eigenvalue weighted by atomic mass is 10.0. The number of piperidine rings is 1. The monoisotopic (exact) mass is 378 g/mol. The molecule has 0 bridgehead atoms. The zero-order valence-electron chi connectivity index (χ0n) is 15.5. The molecule has 0 aliphatic carbocycles. The smallest absolute Gasteiger partial charge is 0.220 e. The first-order valence-corrected chi connectivity index (χ1v) is 10.3. The predicted octanol–water partition coefficient (Wildman–Crippen LogP) is 2.88. The lowest BCUT2D eigenvalue weighted by Gasteiger charge is -2.35. The van der Waals surface area contributed by atoms with Crippen molar-refractivity contribution in [3.8, 4) is 0 Å². The number of benzene rings is 1. The van der Waals surface area contributed by atoms with Crippen LogP contribution in [0.25, 0.3) is 0 Å². The van der Waals surface area contributed by atoms with Gasteiger partial charge in [0.2, 0.25) is 5.91 Å². The van der Waals surface area contributed by atoms with Crippen LogP contribution in [0.4, 0.5) is 0 Å². The third-order valence-corrected chi connectivity index (χ3v) is 5.75. The third kappa shape index (κ3) is 5.95. The van der Waals surface area contributed by atoms with Gasteiger partial charge in [0.25, 0.3) is 0 Å². The second kappa shape index (κ2) is 10.3. The van der Waals surface area contributed by atoms with Crippen LogP contribution >= 0.6 is 11.6 Å². The van der Waals surface area contributed by atoms with E-state index in [1.165, 1.54) is 24.8 Å². The molecule has 2 aliphatic rings. The molecule has 2 fully saturated rings. The Labute approximate surface area is 161 Å². The van der Waals surface area contributed by atoms with Gasteiger partial charge < -0.3 is 5.32 Å². The van der Waals surface area contributed by atoms with Gasteiger partial charge in [0.15, 0.2) is 0 Å². The maximum absolute atomic E-state index is 12.3. The van der Waals surface area contributed by atoms with Gasteiger partial charge in [0, 0.05) is 31.1 Å². The Balaban J connectivity index is 1.49. The predicted molar refractivity (Wildman–Crippen MR) is 106 cm³/mol. The SMILES string of the molecule is O=C(CCCC1CNNC1)NCC(c1ccc(Cl)cc1)N1CCCCC1. The van der Waals surface area contributed by atoms with E-state index in [9.17, 15) is 4.79 Å². The summed E-state index contributed by atoms with van der Waals surface area (Å²) < 4.78 is 0. The van der Waals surface area contributed by atoms with Gasteiger partial charge in [-0.05, 0) is 62.4 Å². The van der Waals surface area contributed by atoms with E-state index in [1.54, 1.807) is 0 Å². The zero-order valence-corrected chi connectivity index (χ0v) is 16.2. The van der Waals surface area contributed by atoms with Crippen LogP contribution in [0.5, 0.6) is 0 Å². The summed E-state index contributed by atoms with van der Waals surface area (Å²) in [6.45, 7) is 4.90. The summed E-state index contributed by atoms with van der Waals surface area (Å²) in [7, 11) is 0. The molecule has 2 saturated heterocycles. The standard InChI is InChI=1S/C20H31ClN4O/c21-18-9-7-17(8-10-18)19(25-11-2-1-3-12-25)15-22-20(26)6-4-5-16-13-23-24-14-16/h7-10,16,19,23-24H,1-6,11-15H2,(H,22,26). The van der Waals surface area contributed by atoms with Crippen LogP contribution in [0.1, 0.15) is 50.1 Å². The highest BCUT2D eigenvalue weighted by molar-refractivity contribution is 6.30. The number of hydrogen-bond donors (Lipinski definition) is 3. The third-order valence-electron chi connectivity index (χ3n) is 5.50. The Morgan fingerprint density at radius 3 is 2.54 bits per heavy atom. The number of hydrazine groups is 1. The van der Waals surface area contributed by atoms with E-state index in [2.05, 4.69) is 33.2 Å². The first-order chi connectivity index (χ1) is 12.7. The summed E-state index contributed by atoms with van der Waals surface area (Å²) in [4.78, 5) is 14.8. The summed E-state index contributed by atoms with van der Waals surface area (Å²) >= 11 is 6.05. The minimum absolute atomic E-state index is 0.167. The number of hydrogen-bond acceptors (Lipinski definition) is 4. The van der Waals surface area contributed by atoms with Crippen LogP contribution in [0, 0.1) is 5.92 Å². The van der Waals surface area contributed by atoms with Gasteiger partial charge in [-0.2, -0.15) is 0 Å². The van der Waals surface area contributed by atoms with Crippen LogP contribution in [0.2, 0.25) is 5.02 Å². The summed E-state index contributed by atoms with van der Waals surface area (Å²) in [5.41, 5.74) is 7.52. The number of nitrogens with zero attached hydrogens (tertiary/aromatic N) is 1. The molecule has 5 nitrogen and oxygen atoms in total. The number of rotatable bonds is 8. The van der Waals surface area contributed by atoms with Crippen molar-refractivity contribution in [3.05, 3.63) is 34.9 Å². The number of halogens is 1. The summed E-state index contributed by atoms with van der Waals surface area (Å²) in [5.74, 6) is 0.817. The Hall–Kier alpha value is -1.14. The molecular weight excluding hydrogens is 348 g/mol. The van der Waals surface area contributed by atoms with Crippen molar-refractivity contribution in [2.45, 2.75) is 44.6 Å². The molecule has 0 saturated carbocycles. The molecule has 6 heteroatoms. The topological polar surface area (TPSA) is 56.4 Å². The first kappa shape index (κ1) is 19.6. The number of amides is 1. The van der Waals surface area contributed by atoms with E-state index in [0.29, 0.717) is 18.9 Å². The first-order valence-electron chi connectivity index (χ1n) is 9.94. The van der Waals surface area contributed by atoms with E-state index in [0.717, 1.165) is 44.0 Å². The minimum Gasteiger partial charge on any atom is -0.354 e. The summed E-state index contributed by atoms with van der Waals surface area (Å²) in [5, 5.41) is 3.93. The van der Waals surface area contributed by atoms with Crippen molar-refractivity contribution in [1.29, 1.82) is 0 Å². The number of carbonyl (C=O) groups is 1. The number of carbonyl (C=O) groups excluding carboxylic acids is 1. The Morgan fingerprint density at radius 1 is 1.15 bits per heavy atom. The molecule has 0 radical (unpaired) electrons. The molecule has 3 rings (SSSR count). The molecule has 2 aliphatic heterocycles. The van der Waals surface area contributed by atoms with Crippen molar-refractivity contribution in [2.75, 3.05) is 32.7 Å². The zero-order chi connectivity index (χ0) is 18.2. The largest absolute Gasteiger partial charge is 0.354 e. The van der Waals surface area contributed by atoms with Crippen LogP contribution < -0.4 is 16.2 Å². The van der Waals surface area contributed by atoms with Crippen LogP contribution in [0.15, 0.2) is 24.3 Å². The molecule has 144 valence electrons. The molecule has 3 N–H and O–H groups in total. The van der Waals surface area contributed by atoms with Gasteiger partial charge in [-0.25, -0.2) is 0 Å². The van der Waals surface area contributed by atoms with Crippen molar-refractivity contribution in [1.82, 2.24) is 21.1 Å². The highest BCUT2D eigenvalue weighted by Crippen LogP contribution is 2.25. The van der Waals surface area contributed by atoms with Crippen LogP contribution in [-0.2, 0) is 4.79 Å². The second-order valence-electron chi connectivity index (χ2n) is 7.49. The maximum Gasteiger partial charge on any atom is 0.220 e. The molecular formula is C20H31ClN4O. The average Bonchev–Trinajstić information content (AvgIpc) is 3.18. The second-order valence-corrected chi connectivity index (χ2v) is 7.92. The quantitative estimate of drug-likeness (QED) is 0.651. The molecule has 0 spiro atoms. The minimum atomic E-state index is 0.167. The molecule has 2 heterocycles. The van der Waals surface area contributed by atoms with Crippen LogP contribution in [-0.4, -0.2) is 43.5 Å². The Bertz CT molecular complexity index is 553. The molecule has 0 aromatic heterocycles. The lowest BCUT2D eigenvalue weighted by molar-refractivity contribution is -0.121. The fraction of sp³-hybridized carbons (Fsp3) is 0.650. The highest BCUT2D eigenvalue weighted by atomic mass is 35.5. The fourth-order valence-corrected chi connectivity index (χ4v) is 4.06. The van der Waals surface area contributed by atoms with Crippen molar-refractivity contribution >= 4 is 17.5 Å². The summed E-state index contributed by atoms with van der Waals surface area (Å²) in [6.07, 6.45) is 6.45. The molecule has 26 heavy (non-hydrogen) atoms. The van der Waals surface area contributed by atoms with Gasteiger partial charge in [0.1, 0.15) is 0 Å². The van der Waals surface area contributed by atoms with Gasteiger partial charge in [-0.1, -0.05) is 30.2 Å². The summed E-state index contributed by atoms with van der Waals surface area (Å²) in [6, 6.07) is 8.31. The Kier molecular flexibility index (Phi) is 7.74. The van der Waals surface area contributed by atoms with Gasteiger partial charge in [-0.15, -0.1) is 0 Å². The molecule has 1 atom stereocenters. The molecule has 1 aromatic rings. The van der Waals surface area contributed by atoms with Gasteiger partial charge in [0.05, 0.1) is 6.04 Å². The van der Waals surface area contributed by atoms with Gasteiger partial charge >= 0.3 is 0 Å². The van der Waals surface area contributed by atoms with E-state index < -0.39 is 0 Å². The number of likely N-dealkylation sites (tertiary alicyclic amines) is 1. The number of nitrogens with one attached hydrogen (secondary N) is 3. The normalized spacial score (nSPS) is 20.2. The van der Waals surface area contributed by atoms with E-state index >= 15 is 0 Å². The van der Waals surface area contributed by atoms with Crippen molar-refractivity contribution < 1.29 is 4.79 Å². The van der Waals surface area contributed by atoms with Gasteiger partial charge in [-0.3, -0.25) is 20.5 Å². The van der Waals surface area contributed by atoms with E-state index in [4.69, 9.17) is 11.6 Å². The average molecular weight is 379 g/mol. The van der Waals surface area contributed by atoms with Crippen LogP contribution in [0.3, 0.4) is 0 Å². The van der Waals surface area contributed by atoms with Crippen molar-refractivity contribution in [3.63, 3.8) is 0 Å². The maximum atomic E-state index is 12.3. The highest BCUT2D eigenvalue weighted by Gasteiger charge is 2.23. The Morgan fingerprint density at radius 2 is 1.85 bits per heavy atom.